The van der Waals surface area contributed by atoms with Gasteiger partial charge < -0.3 is 14.8 Å². The lowest BCUT2D eigenvalue weighted by molar-refractivity contribution is -0.385. The number of rotatable bonds is 7. The van der Waals surface area contributed by atoms with Gasteiger partial charge in [0.05, 0.1) is 23.8 Å². The number of nitrogens with zero attached hydrogens (tertiary/aromatic N) is 2. The number of hydrogen-bond acceptors (Lipinski definition) is 6. The monoisotopic (exact) mass is 427 g/mol. The second kappa shape index (κ2) is 9.23. The first-order chi connectivity index (χ1) is 14.4. The Morgan fingerprint density at radius 3 is 2.57 bits per heavy atom. The number of hydrogen-bond donors (Lipinski definition) is 1. The smallest absolute Gasteiger partial charge is 0.313 e. The average Bonchev–Trinajstić information content (AvgIpc) is 2.75. The van der Waals surface area contributed by atoms with E-state index in [0.717, 1.165) is 5.69 Å². The lowest BCUT2D eigenvalue weighted by Crippen LogP contribution is -2.27. The van der Waals surface area contributed by atoms with Gasteiger partial charge in [0.25, 0.3) is 5.91 Å². The van der Waals surface area contributed by atoms with Crippen molar-refractivity contribution in [1.29, 1.82) is 0 Å². The summed E-state index contributed by atoms with van der Waals surface area (Å²) in [6, 6.07) is 13.8. The molecule has 1 N–H and O–H groups in total. The number of ether oxygens (including phenoxy) is 2. The molecule has 0 aliphatic carbocycles. The van der Waals surface area contributed by atoms with Gasteiger partial charge in [-0.3, -0.25) is 19.9 Å². The summed E-state index contributed by atoms with van der Waals surface area (Å²) in [5, 5.41) is 14.3. The van der Waals surface area contributed by atoms with E-state index in [-0.39, 0.29) is 39.9 Å². The Morgan fingerprint density at radius 2 is 1.90 bits per heavy atom. The highest BCUT2D eigenvalue weighted by Gasteiger charge is 2.19. The molecular formula is C21H18ClN3O5. The van der Waals surface area contributed by atoms with E-state index < -0.39 is 4.92 Å². The minimum atomic E-state index is -0.589. The molecule has 154 valence electrons. The number of nitrogens with one attached hydrogen (secondary N) is 1. The van der Waals surface area contributed by atoms with Crippen LogP contribution in [0, 0.1) is 10.1 Å². The van der Waals surface area contributed by atoms with E-state index in [1.165, 1.54) is 37.4 Å². The molecular weight excluding hydrogens is 410 g/mol. The van der Waals surface area contributed by atoms with E-state index in [2.05, 4.69) is 10.3 Å². The molecule has 1 heterocycles. The predicted octanol–water partition coefficient (Wildman–Crippen LogP) is 4.94. The van der Waals surface area contributed by atoms with Gasteiger partial charge in [0, 0.05) is 22.8 Å². The molecule has 8 nitrogen and oxygen atoms in total. The van der Waals surface area contributed by atoms with E-state index in [4.69, 9.17) is 21.1 Å². The van der Waals surface area contributed by atoms with Crippen molar-refractivity contribution in [3.8, 4) is 17.2 Å². The van der Waals surface area contributed by atoms with Gasteiger partial charge in [0.15, 0.2) is 11.5 Å². The molecule has 0 aliphatic heterocycles. The Kier molecular flexibility index (Phi) is 6.48. The second-order valence-corrected chi connectivity index (χ2v) is 6.72. The van der Waals surface area contributed by atoms with E-state index in [1.54, 1.807) is 18.3 Å². The number of methoxy groups -OCH3 is 1. The number of carbonyl (C=O) groups excluding carboxylic acids is 1. The number of amides is 1. The Labute approximate surface area is 177 Å². The normalized spacial score (nSPS) is 11.4. The topological polar surface area (TPSA) is 104 Å². The van der Waals surface area contributed by atoms with Crippen LogP contribution in [0.5, 0.6) is 17.2 Å². The summed E-state index contributed by atoms with van der Waals surface area (Å²) in [5.41, 5.74) is 0.788. The molecule has 3 aromatic rings. The Hall–Kier alpha value is -3.65. The highest BCUT2D eigenvalue weighted by atomic mass is 35.5. The summed E-state index contributed by atoms with van der Waals surface area (Å²) in [4.78, 5) is 27.5. The van der Waals surface area contributed by atoms with Gasteiger partial charge in [-0.25, -0.2) is 0 Å². The van der Waals surface area contributed by atoms with E-state index >= 15 is 0 Å². The summed E-state index contributed by atoms with van der Waals surface area (Å²) in [6.45, 7) is 1.83. The third-order valence-corrected chi connectivity index (χ3v) is 4.48. The summed E-state index contributed by atoms with van der Waals surface area (Å²) in [7, 11) is 1.41. The predicted molar refractivity (Wildman–Crippen MR) is 111 cm³/mol. The molecule has 3 rings (SSSR count). The third-order valence-electron chi connectivity index (χ3n) is 4.24. The van der Waals surface area contributed by atoms with E-state index in [9.17, 15) is 14.9 Å². The Bertz CT molecular complexity index is 1080. The standard InChI is InChI=1S/C21H18ClN3O5/c1-13(16-5-3-4-10-23-16)24-21(26)14-6-8-19(20(11-14)29-2)30-18-9-7-15(22)12-17(18)25(27)28/h3-13H,1-2H3,(H,24,26). The molecule has 0 saturated carbocycles. The number of aromatic nitrogens is 1. The first kappa shape index (κ1) is 21.1. The van der Waals surface area contributed by atoms with Gasteiger partial charge in [-0.2, -0.15) is 0 Å². The van der Waals surface area contributed by atoms with Crippen molar-refractivity contribution < 1.29 is 19.2 Å². The number of nitro groups is 1. The van der Waals surface area contributed by atoms with Gasteiger partial charge >= 0.3 is 5.69 Å². The van der Waals surface area contributed by atoms with Gasteiger partial charge in [-0.1, -0.05) is 17.7 Å². The average molecular weight is 428 g/mol. The zero-order valence-corrected chi connectivity index (χ0v) is 16.9. The molecule has 0 saturated heterocycles. The minimum Gasteiger partial charge on any atom is -0.493 e. The van der Waals surface area contributed by atoms with Crippen LogP contribution in [0.4, 0.5) is 5.69 Å². The molecule has 0 bridgehead atoms. The van der Waals surface area contributed by atoms with Crippen LogP contribution in [0.1, 0.15) is 29.0 Å². The zero-order chi connectivity index (χ0) is 21.7. The first-order valence-electron chi connectivity index (χ1n) is 8.90. The molecule has 2 aromatic carbocycles. The maximum absolute atomic E-state index is 12.6. The SMILES string of the molecule is COc1cc(C(=O)NC(C)c2ccccn2)ccc1Oc1ccc(Cl)cc1[N+](=O)[O-]. The van der Waals surface area contributed by atoms with Gasteiger partial charge in [0.1, 0.15) is 0 Å². The summed E-state index contributed by atoms with van der Waals surface area (Å²) >= 11 is 5.83. The largest absolute Gasteiger partial charge is 0.493 e. The van der Waals surface area contributed by atoms with Crippen molar-refractivity contribution in [2.75, 3.05) is 7.11 Å². The van der Waals surface area contributed by atoms with E-state index in [1.807, 2.05) is 19.1 Å². The lowest BCUT2D eigenvalue weighted by Gasteiger charge is -2.15. The first-order valence-corrected chi connectivity index (χ1v) is 9.28. The lowest BCUT2D eigenvalue weighted by atomic mass is 10.1. The molecule has 1 unspecified atom stereocenters. The molecule has 9 heteroatoms. The van der Waals surface area contributed by atoms with Crippen molar-refractivity contribution in [3.05, 3.63) is 87.2 Å². The maximum Gasteiger partial charge on any atom is 0.313 e. The maximum atomic E-state index is 12.6. The molecule has 0 aliphatic rings. The van der Waals surface area contributed by atoms with Crippen LogP contribution in [0.3, 0.4) is 0 Å². The highest BCUT2D eigenvalue weighted by molar-refractivity contribution is 6.30. The molecule has 0 spiro atoms. The molecule has 1 atom stereocenters. The fraction of sp³-hybridized carbons (Fsp3) is 0.143. The van der Waals surface area contributed by atoms with Gasteiger partial charge in [-0.05, 0) is 49.4 Å². The zero-order valence-electron chi connectivity index (χ0n) is 16.2. The number of benzene rings is 2. The highest BCUT2D eigenvalue weighted by Crippen LogP contribution is 2.37. The quantitative estimate of drug-likeness (QED) is 0.423. The fourth-order valence-electron chi connectivity index (χ4n) is 2.72. The Morgan fingerprint density at radius 1 is 1.13 bits per heavy atom. The van der Waals surface area contributed by atoms with Crippen LogP contribution in [-0.2, 0) is 0 Å². The van der Waals surface area contributed by atoms with Crippen molar-refractivity contribution in [1.82, 2.24) is 10.3 Å². The summed E-state index contributed by atoms with van der Waals surface area (Å²) < 4.78 is 11.0. The summed E-state index contributed by atoms with van der Waals surface area (Å²) in [5.74, 6) is 0.147. The van der Waals surface area contributed by atoms with Crippen molar-refractivity contribution in [2.24, 2.45) is 0 Å². The van der Waals surface area contributed by atoms with Crippen molar-refractivity contribution in [3.63, 3.8) is 0 Å². The minimum absolute atomic E-state index is 0.00340. The molecule has 1 aromatic heterocycles. The number of carbonyl (C=O) groups is 1. The van der Waals surface area contributed by atoms with E-state index in [0.29, 0.717) is 5.56 Å². The number of halogens is 1. The van der Waals surface area contributed by atoms with Crippen LogP contribution in [0.2, 0.25) is 5.02 Å². The molecule has 1 amide bonds. The number of nitro benzene ring substituents is 1. The molecule has 0 fully saturated rings. The second-order valence-electron chi connectivity index (χ2n) is 6.29. The Balaban J connectivity index is 1.82. The van der Waals surface area contributed by atoms with Crippen molar-refractivity contribution in [2.45, 2.75) is 13.0 Å². The van der Waals surface area contributed by atoms with Gasteiger partial charge in [0.2, 0.25) is 5.75 Å². The van der Waals surface area contributed by atoms with Crippen LogP contribution in [-0.4, -0.2) is 22.9 Å². The molecule has 30 heavy (non-hydrogen) atoms. The van der Waals surface area contributed by atoms with Crippen molar-refractivity contribution >= 4 is 23.2 Å². The fourth-order valence-corrected chi connectivity index (χ4v) is 2.88. The van der Waals surface area contributed by atoms with Gasteiger partial charge in [-0.15, -0.1) is 0 Å². The molecule has 0 radical (unpaired) electrons. The van der Waals surface area contributed by atoms with Crippen LogP contribution in [0.15, 0.2) is 60.8 Å². The number of pyridine rings is 1. The van der Waals surface area contributed by atoms with Crippen LogP contribution >= 0.6 is 11.6 Å². The van der Waals surface area contributed by atoms with Crippen LogP contribution in [0.25, 0.3) is 0 Å². The van der Waals surface area contributed by atoms with Crippen LogP contribution < -0.4 is 14.8 Å². The summed E-state index contributed by atoms with van der Waals surface area (Å²) in [6.07, 6.45) is 1.66. The third kappa shape index (κ3) is 4.84.